The number of halogens is 3. The average molecular weight is 466 g/mol. The highest BCUT2D eigenvalue weighted by Gasteiger charge is 2.40. The van der Waals surface area contributed by atoms with E-state index in [4.69, 9.17) is 9.84 Å². The number of carboxylic acid groups (broad SMARTS) is 1. The predicted octanol–water partition coefficient (Wildman–Crippen LogP) is 3.15. The van der Waals surface area contributed by atoms with Crippen molar-refractivity contribution in [2.24, 2.45) is 0 Å². The van der Waals surface area contributed by atoms with Gasteiger partial charge in [0, 0.05) is 32.0 Å². The molecule has 0 spiro atoms. The number of hydrogen-bond donors (Lipinski definition) is 2. The first kappa shape index (κ1) is 24.1. The molecular formula is C22H25F3N4O4. The number of aliphatic carboxylic acids is 1. The summed E-state index contributed by atoms with van der Waals surface area (Å²) in [5, 5.41) is 12.3. The summed E-state index contributed by atoms with van der Waals surface area (Å²) in [6, 6.07) is 9.17. The molecule has 1 amide bonds. The molecule has 8 nitrogen and oxygen atoms in total. The summed E-state index contributed by atoms with van der Waals surface area (Å²) in [6.07, 6.45) is -2.88. The Morgan fingerprint density at radius 1 is 1.30 bits per heavy atom. The first-order valence-corrected chi connectivity index (χ1v) is 10.3. The fourth-order valence-electron chi connectivity index (χ4n) is 3.64. The van der Waals surface area contributed by atoms with Crippen molar-refractivity contribution in [1.82, 2.24) is 9.88 Å². The molecular weight excluding hydrogens is 441 g/mol. The van der Waals surface area contributed by atoms with Crippen molar-refractivity contribution < 1.29 is 32.6 Å². The Balaban J connectivity index is 1.70. The number of rotatable bonds is 9. The summed E-state index contributed by atoms with van der Waals surface area (Å²) < 4.78 is 45.0. The molecule has 11 heteroatoms. The van der Waals surface area contributed by atoms with Gasteiger partial charge in [0.05, 0.1) is 13.0 Å². The largest absolute Gasteiger partial charge is 0.494 e. The van der Waals surface area contributed by atoms with Crippen LogP contribution in [0.25, 0.3) is 0 Å². The molecule has 0 saturated heterocycles. The molecule has 178 valence electrons. The van der Waals surface area contributed by atoms with E-state index in [9.17, 15) is 22.8 Å². The fourth-order valence-corrected chi connectivity index (χ4v) is 3.64. The van der Waals surface area contributed by atoms with Crippen molar-refractivity contribution in [3.63, 3.8) is 0 Å². The molecule has 0 radical (unpaired) electrons. The van der Waals surface area contributed by atoms with Crippen LogP contribution in [0, 0.1) is 0 Å². The van der Waals surface area contributed by atoms with Gasteiger partial charge in [-0.05, 0) is 42.3 Å². The van der Waals surface area contributed by atoms with Gasteiger partial charge in [-0.1, -0.05) is 6.07 Å². The Labute approximate surface area is 189 Å². The second kappa shape index (κ2) is 10.4. The minimum Gasteiger partial charge on any atom is -0.494 e. The monoisotopic (exact) mass is 466 g/mol. The van der Waals surface area contributed by atoms with Crippen molar-refractivity contribution in [2.45, 2.75) is 31.6 Å². The number of nitrogens with one attached hydrogen (secondary N) is 1. The quantitative estimate of drug-likeness (QED) is 0.549. The van der Waals surface area contributed by atoms with Crippen LogP contribution in [0.5, 0.6) is 5.75 Å². The second-order valence-electron chi connectivity index (χ2n) is 7.67. The maximum absolute atomic E-state index is 13.1. The maximum Gasteiger partial charge on any atom is 0.406 e. The number of benzene rings is 1. The summed E-state index contributed by atoms with van der Waals surface area (Å²) in [4.78, 5) is 30.2. The molecule has 1 atom stereocenters. The Hall–Kier alpha value is -3.50. The number of anilines is 2. The van der Waals surface area contributed by atoms with Crippen LogP contribution in [-0.2, 0) is 16.1 Å². The highest BCUT2D eigenvalue weighted by molar-refractivity contribution is 5.90. The molecule has 1 aromatic carbocycles. The molecule has 2 heterocycles. The molecule has 0 fully saturated rings. The van der Waals surface area contributed by atoms with Crippen molar-refractivity contribution >= 4 is 23.4 Å². The lowest BCUT2D eigenvalue weighted by atomic mass is 10.1. The molecule has 0 saturated carbocycles. The van der Waals surface area contributed by atoms with Gasteiger partial charge >= 0.3 is 12.1 Å². The number of nitrogens with zero attached hydrogens (tertiary/aromatic N) is 3. The molecule has 1 aliphatic rings. The highest BCUT2D eigenvalue weighted by Crippen LogP contribution is 2.33. The minimum atomic E-state index is -4.61. The number of ether oxygens (including phenoxy) is 1. The third kappa shape index (κ3) is 6.74. The summed E-state index contributed by atoms with van der Waals surface area (Å²) in [5.41, 5.74) is 0.940. The normalized spacial score (nSPS) is 16.2. The van der Waals surface area contributed by atoms with E-state index in [-0.39, 0.29) is 6.54 Å². The van der Waals surface area contributed by atoms with Crippen LogP contribution in [0.15, 0.2) is 42.6 Å². The maximum atomic E-state index is 13.1. The summed E-state index contributed by atoms with van der Waals surface area (Å²) in [5.74, 6) is -0.946. The van der Waals surface area contributed by atoms with Gasteiger partial charge in [-0.25, -0.2) is 4.98 Å². The molecule has 1 aliphatic heterocycles. The first-order valence-electron chi connectivity index (χ1n) is 10.3. The molecule has 2 N–H and O–H groups in total. The third-order valence-corrected chi connectivity index (χ3v) is 5.16. The van der Waals surface area contributed by atoms with Gasteiger partial charge in [0.1, 0.15) is 24.2 Å². The molecule has 0 aliphatic carbocycles. The minimum absolute atomic E-state index is 0.299. The van der Waals surface area contributed by atoms with E-state index < -0.39 is 37.1 Å². The van der Waals surface area contributed by atoms with Gasteiger partial charge in [0.15, 0.2) is 0 Å². The number of alkyl halides is 3. The van der Waals surface area contributed by atoms with Crippen LogP contribution >= 0.6 is 0 Å². The molecule has 1 aromatic heterocycles. The van der Waals surface area contributed by atoms with E-state index in [1.807, 2.05) is 18.2 Å². The zero-order valence-corrected chi connectivity index (χ0v) is 18.0. The molecule has 0 bridgehead atoms. The van der Waals surface area contributed by atoms with Crippen LogP contribution < -0.4 is 15.0 Å². The van der Waals surface area contributed by atoms with E-state index >= 15 is 0 Å². The van der Waals surface area contributed by atoms with E-state index in [2.05, 4.69) is 10.3 Å². The topological polar surface area (TPSA) is 95.0 Å². The third-order valence-electron chi connectivity index (χ3n) is 5.16. The molecule has 1 unspecified atom stereocenters. The van der Waals surface area contributed by atoms with Crippen molar-refractivity contribution in [3.8, 4) is 5.75 Å². The Morgan fingerprint density at radius 2 is 2.09 bits per heavy atom. The van der Waals surface area contributed by atoms with Crippen molar-refractivity contribution in [3.05, 3.63) is 48.2 Å². The van der Waals surface area contributed by atoms with E-state index in [1.54, 1.807) is 24.4 Å². The number of fused-ring (bicyclic) bond motifs is 1. The highest BCUT2D eigenvalue weighted by atomic mass is 19.4. The summed E-state index contributed by atoms with van der Waals surface area (Å²) in [6.45, 7) is -0.775. The standard InChI is InChI=1S/C22H25F3N4O4/c1-28-17-7-6-16(33-10-4-9-27-19-5-2-3-8-26-19)11-15(17)13-29(14-22(23,24)25)21(32)18(28)12-20(30)31/h2-3,5-8,11,18H,4,9-10,12-14H2,1H3,(H,26,27)(H,30,31). The summed E-state index contributed by atoms with van der Waals surface area (Å²) in [7, 11) is 1.51. The lowest BCUT2D eigenvalue weighted by Crippen LogP contribution is -2.48. The average Bonchev–Trinajstić information content (AvgIpc) is 2.83. The van der Waals surface area contributed by atoms with E-state index in [0.29, 0.717) is 41.5 Å². The number of hydrogen-bond acceptors (Lipinski definition) is 6. The van der Waals surface area contributed by atoms with Crippen LogP contribution in [0.1, 0.15) is 18.4 Å². The smallest absolute Gasteiger partial charge is 0.406 e. The number of carbonyl (C=O) groups is 2. The number of aromatic nitrogens is 1. The molecule has 2 aromatic rings. The second-order valence-corrected chi connectivity index (χ2v) is 7.67. The predicted molar refractivity (Wildman–Crippen MR) is 115 cm³/mol. The Morgan fingerprint density at radius 3 is 2.76 bits per heavy atom. The zero-order valence-electron chi connectivity index (χ0n) is 18.0. The van der Waals surface area contributed by atoms with Crippen LogP contribution in [0.3, 0.4) is 0 Å². The molecule has 33 heavy (non-hydrogen) atoms. The van der Waals surface area contributed by atoms with Gasteiger partial charge < -0.3 is 25.0 Å². The number of pyridine rings is 1. The van der Waals surface area contributed by atoms with Gasteiger partial charge in [0.25, 0.3) is 0 Å². The van der Waals surface area contributed by atoms with Crippen molar-refractivity contribution in [2.75, 3.05) is 37.0 Å². The van der Waals surface area contributed by atoms with Gasteiger partial charge in [-0.15, -0.1) is 0 Å². The lowest BCUT2D eigenvalue weighted by molar-refractivity contribution is -0.163. The van der Waals surface area contributed by atoms with E-state index in [1.165, 1.54) is 11.9 Å². The SMILES string of the molecule is CN1c2ccc(OCCCNc3ccccn3)cc2CN(CC(F)(F)F)C(=O)C1CC(=O)O. The fraction of sp³-hybridized carbons (Fsp3) is 0.409. The van der Waals surface area contributed by atoms with Gasteiger partial charge in [-0.2, -0.15) is 13.2 Å². The number of carbonyl (C=O) groups excluding carboxylic acids is 1. The van der Waals surface area contributed by atoms with Gasteiger partial charge in [0.2, 0.25) is 5.91 Å². The van der Waals surface area contributed by atoms with Gasteiger partial charge in [-0.3, -0.25) is 9.59 Å². The summed E-state index contributed by atoms with van der Waals surface area (Å²) >= 11 is 0. The van der Waals surface area contributed by atoms with Crippen LogP contribution in [0.2, 0.25) is 0 Å². The number of amides is 1. The van der Waals surface area contributed by atoms with Crippen LogP contribution in [0.4, 0.5) is 24.7 Å². The molecule has 3 rings (SSSR count). The van der Waals surface area contributed by atoms with Crippen LogP contribution in [-0.4, -0.2) is 65.8 Å². The lowest BCUT2D eigenvalue weighted by Gasteiger charge is -2.29. The number of likely N-dealkylation sites (N-methyl/N-ethyl adjacent to an activating group) is 1. The number of carboxylic acids is 1. The Bertz CT molecular complexity index is 972. The first-order chi connectivity index (χ1) is 15.6. The van der Waals surface area contributed by atoms with Crippen molar-refractivity contribution in [1.29, 1.82) is 0 Å². The Kier molecular flexibility index (Phi) is 7.62. The zero-order chi connectivity index (χ0) is 24.0. The van der Waals surface area contributed by atoms with E-state index in [0.717, 1.165) is 5.82 Å².